The highest BCUT2D eigenvalue weighted by Crippen LogP contribution is 2.31. The Kier molecular flexibility index (Phi) is 2.87. The van der Waals surface area contributed by atoms with Gasteiger partial charge in [0.25, 0.3) is 0 Å². The van der Waals surface area contributed by atoms with Crippen LogP contribution in [0.4, 0.5) is 4.39 Å². The van der Waals surface area contributed by atoms with Gasteiger partial charge in [-0.15, -0.1) is 0 Å². The second-order valence-corrected chi connectivity index (χ2v) is 4.50. The zero-order valence-electron chi connectivity index (χ0n) is 10.7. The van der Waals surface area contributed by atoms with Gasteiger partial charge in [0.05, 0.1) is 6.26 Å². The van der Waals surface area contributed by atoms with Gasteiger partial charge in [0, 0.05) is 5.39 Å². The van der Waals surface area contributed by atoms with Crippen molar-refractivity contribution in [1.29, 1.82) is 0 Å². The van der Waals surface area contributed by atoms with E-state index in [1.54, 1.807) is 12.3 Å². The van der Waals surface area contributed by atoms with Crippen LogP contribution in [0.2, 0.25) is 0 Å². The molecule has 0 spiro atoms. The fourth-order valence-corrected chi connectivity index (χ4v) is 2.27. The lowest BCUT2D eigenvalue weighted by Crippen LogP contribution is -2.17. The zero-order valence-corrected chi connectivity index (χ0v) is 10.7. The molecule has 1 unspecified atom stereocenters. The van der Waals surface area contributed by atoms with E-state index < -0.39 is 0 Å². The molecule has 4 heteroatoms. The number of halogens is 1. The van der Waals surface area contributed by atoms with Crippen LogP contribution in [0, 0.1) is 12.7 Å². The largest absolute Gasteiger partial charge is 0.467 e. The van der Waals surface area contributed by atoms with E-state index in [1.807, 2.05) is 32.2 Å². The summed E-state index contributed by atoms with van der Waals surface area (Å²) in [5.74, 6) is 1.07. The quantitative estimate of drug-likeness (QED) is 0.777. The molecule has 1 atom stereocenters. The van der Waals surface area contributed by atoms with Gasteiger partial charge in [0.1, 0.15) is 17.6 Å². The van der Waals surface area contributed by atoms with E-state index in [2.05, 4.69) is 5.32 Å². The van der Waals surface area contributed by atoms with Crippen LogP contribution in [0.1, 0.15) is 23.1 Å². The average molecular weight is 259 g/mol. The van der Waals surface area contributed by atoms with Crippen molar-refractivity contribution in [2.75, 3.05) is 7.05 Å². The van der Waals surface area contributed by atoms with Crippen LogP contribution in [0.25, 0.3) is 11.0 Å². The Morgan fingerprint density at radius 3 is 2.74 bits per heavy atom. The first-order valence-electron chi connectivity index (χ1n) is 6.10. The van der Waals surface area contributed by atoms with E-state index in [9.17, 15) is 4.39 Å². The topological polar surface area (TPSA) is 38.3 Å². The van der Waals surface area contributed by atoms with Crippen LogP contribution >= 0.6 is 0 Å². The van der Waals surface area contributed by atoms with Crippen LogP contribution in [0.5, 0.6) is 0 Å². The second-order valence-electron chi connectivity index (χ2n) is 4.50. The Labute approximate surface area is 110 Å². The summed E-state index contributed by atoms with van der Waals surface area (Å²) in [6.07, 6.45) is 1.64. The standard InChI is InChI=1S/C15H14FNO2/c1-9-6-7-18-14(9)13(17-2)12-8-10-4-3-5-11(16)15(10)19-12/h3-8,13,17H,1-2H3. The predicted octanol–water partition coefficient (Wildman–Crippen LogP) is 3.78. The first-order chi connectivity index (χ1) is 9.20. The number of nitrogens with one attached hydrogen (secondary N) is 1. The van der Waals surface area contributed by atoms with Crippen LogP contribution in [-0.2, 0) is 0 Å². The van der Waals surface area contributed by atoms with Crippen LogP contribution in [0.15, 0.2) is 45.4 Å². The fraction of sp³-hybridized carbons (Fsp3) is 0.200. The average Bonchev–Trinajstić information content (AvgIpc) is 2.99. The molecular weight excluding hydrogens is 245 g/mol. The maximum atomic E-state index is 13.7. The van der Waals surface area contributed by atoms with E-state index in [-0.39, 0.29) is 17.4 Å². The van der Waals surface area contributed by atoms with Gasteiger partial charge < -0.3 is 14.2 Å². The molecule has 0 bridgehead atoms. The molecule has 0 amide bonds. The van der Waals surface area contributed by atoms with Crippen LogP contribution < -0.4 is 5.32 Å². The van der Waals surface area contributed by atoms with Gasteiger partial charge in [0.15, 0.2) is 11.4 Å². The first kappa shape index (κ1) is 12.0. The lowest BCUT2D eigenvalue weighted by molar-refractivity contribution is 0.408. The molecule has 0 saturated carbocycles. The highest BCUT2D eigenvalue weighted by atomic mass is 19.1. The Bertz CT molecular complexity index is 714. The molecule has 0 aliphatic carbocycles. The number of fused-ring (bicyclic) bond motifs is 1. The van der Waals surface area contributed by atoms with Crippen LogP contribution in [-0.4, -0.2) is 7.05 Å². The third-order valence-electron chi connectivity index (χ3n) is 3.25. The summed E-state index contributed by atoms with van der Waals surface area (Å²) < 4.78 is 24.8. The van der Waals surface area contributed by atoms with Crippen molar-refractivity contribution in [2.24, 2.45) is 0 Å². The van der Waals surface area contributed by atoms with Crippen molar-refractivity contribution in [2.45, 2.75) is 13.0 Å². The maximum absolute atomic E-state index is 13.7. The number of hydrogen-bond acceptors (Lipinski definition) is 3. The molecule has 1 aromatic carbocycles. The molecule has 0 aliphatic rings. The molecular formula is C15H14FNO2. The lowest BCUT2D eigenvalue weighted by atomic mass is 10.1. The number of aryl methyl sites for hydroxylation is 1. The van der Waals surface area contributed by atoms with Gasteiger partial charge in [-0.3, -0.25) is 0 Å². The third kappa shape index (κ3) is 1.94. The predicted molar refractivity (Wildman–Crippen MR) is 70.5 cm³/mol. The van der Waals surface area contributed by atoms with Crippen molar-refractivity contribution in [3.63, 3.8) is 0 Å². The summed E-state index contributed by atoms with van der Waals surface area (Å²) in [7, 11) is 1.82. The SMILES string of the molecule is CNC(c1cc2cccc(F)c2o1)c1occc1C. The van der Waals surface area contributed by atoms with Crippen molar-refractivity contribution < 1.29 is 13.2 Å². The summed E-state index contributed by atoms with van der Waals surface area (Å²) in [5, 5.41) is 3.88. The van der Waals surface area contributed by atoms with Gasteiger partial charge in [-0.25, -0.2) is 4.39 Å². The smallest absolute Gasteiger partial charge is 0.169 e. The Morgan fingerprint density at radius 2 is 2.11 bits per heavy atom. The molecule has 0 fully saturated rings. The van der Waals surface area contributed by atoms with E-state index in [0.29, 0.717) is 5.76 Å². The molecule has 1 N–H and O–H groups in total. The number of hydrogen-bond donors (Lipinski definition) is 1. The van der Waals surface area contributed by atoms with E-state index >= 15 is 0 Å². The molecule has 3 nitrogen and oxygen atoms in total. The van der Waals surface area contributed by atoms with E-state index in [1.165, 1.54) is 6.07 Å². The van der Waals surface area contributed by atoms with Crippen molar-refractivity contribution in [3.8, 4) is 0 Å². The zero-order chi connectivity index (χ0) is 13.4. The Hall–Kier alpha value is -2.07. The van der Waals surface area contributed by atoms with Gasteiger partial charge in [-0.2, -0.15) is 0 Å². The molecule has 2 aromatic heterocycles. The minimum Gasteiger partial charge on any atom is -0.467 e. The summed E-state index contributed by atoms with van der Waals surface area (Å²) in [6, 6.07) is 8.39. The highest BCUT2D eigenvalue weighted by molar-refractivity contribution is 5.78. The minimum atomic E-state index is -0.352. The highest BCUT2D eigenvalue weighted by Gasteiger charge is 2.22. The Morgan fingerprint density at radius 1 is 1.26 bits per heavy atom. The molecule has 0 radical (unpaired) electrons. The maximum Gasteiger partial charge on any atom is 0.169 e. The number of furan rings is 2. The first-order valence-corrected chi connectivity index (χ1v) is 6.10. The van der Waals surface area contributed by atoms with Crippen molar-refractivity contribution in [3.05, 3.63) is 59.5 Å². The Balaban J connectivity index is 2.12. The number of rotatable bonds is 3. The molecule has 2 heterocycles. The molecule has 98 valence electrons. The molecule has 19 heavy (non-hydrogen) atoms. The van der Waals surface area contributed by atoms with Gasteiger partial charge in [-0.1, -0.05) is 12.1 Å². The van der Waals surface area contributed by atoms with Gasteiger partial charge >= 0.3 is 0 Å². The molecule has 0 saturated heterocycles. The second kappa shape index (κ2) is 4.55. The molecule has 3 rings (SSSR count). The van der Waals surface area contributed by atoms with Gasteiger partial charge in [-0.05, 0) is 37.7 Å². The van der Waals surface area contributed by atoms with Crippen molar-refractivity contribution >= 4 is 11.0 Å². The van der Waals surface area contributed by atoms with E-state index in [4.69, 9.17) is 8.83 Å². The van der Waals surface area contributed by atoms with Gasteiger partial charge in [0.2, 0.25) is 0 Å². The summed E-state index contributed by atoms with van der Waals surface area (Å²) in [4.78, 5) is 0. The van der Waals surface area contributed by atoms with Crippen LogP contribution in [0.3, 0.4) is 0 Å². The minimum absolute atomic E-state index is 0.221. The van der Waals surface area contributed by atoms with E-state index in [0.717, 1.165) is 16.7 Å². The fourth-order valence-electron chi connectivity index (χ4n) is 2.27. The summed E-state index contributed by atoms with van der Waals surface area (Å²) >= 11 is 0. The number of para-hydroxylation sites is 1. The van der Waals surface area contributed by atoms with Crippen molar-refractivity contribution in [1.82, 2.24) is 5.32 Å². The normalized spacial score (nSPS) is 13.0. The number of benzene rings is 1. The molecule has 0 aliphatic heterocycles. The summed E-state index contributed by atoms with van der Waals surface area (Å²) in [5.41, 5.74) is 1.31. The lowest BCUT2D eigenvalue weighted by Gasteiger charge is -2.11. The monoisotopic (exact) mass is 259 g/mol. The molecule has 3 aromatic rings. The summed E-state index contributed by atoms with van der Waals surface area (Å²) in [6.45, 7) is 1.96. The third-order valence-corrected chi connectivity index (χ3v) is 3.25.